The molecule has 13 heavy (non-hydrogen) atoms. The Labute approximate surface area is 83.5 Å². The van der Waals surface area contributed by atoms with Gasteiger partial charge in [-0.15, -0.1) is 0 Å². The molecule has 0 N–H and O–H groups in total. The summed E-state index contributed by atoms with van der Waals surface area (Å²) in [6.45, 7) is 5.82. The molecule has 0 aliphatic carbocycles. The molecule has 78 valence electrons. The number of piperazine rings is 1. The fourth-order valence-electron chi connectivity index (χ4n) is 1.56. The van der Waals surface area contributed by atoms with Gasteiger partial charge in [-0.3, -0.25) is 4.21 Å². The van der Waals surface area contributed by atoms with Crippen LogP contribution in [0.5, 0.6) is 0 Å². The first kappa shape index (κ1) is 11.1. The third-order valence-electron chi connectivity index (χ3n) is 2.50. The molecule has 1 aliphatic heterocycles. The normalized spacial score (nSPS) is 23.2. The van der Waals surface area contributed by atoms with E-state index in [-0.39, 0.29) is 0 Å². The minimum atomic E-state index is -0.614. The van der Waals surface area contributed by atoms with Gasteiger partial charge in [0.2, 0.25) is 0 Å². The Morgan fingerprint density at radius 3 is 2.38 bits per heavy atom. The van der Waals surface area contributed by atoms with E-state index >= 15 is 0 Å². The highest BCUT2D eigenvalue weighted by atomic mass is 32.2. The van der Waals surface area contributed by atoms with Crippen molar-refractivity contribution in [1.29, 1.82) is 0 Å². The Kier molecular flexibility index (Phi) is 4.91. The molecule has 3 nitrogen and oxygen atoms in total. The molecule has 0 aromatic carbocycles. The molecule has 0 aromatic rings. The van der Waals surface area contributed by atoms with E-state index in [1.165, 1.54) is 26.2 Å². The number of hydrogen-bond acceptors (Lipinski definition) is 3. The highest BCUT2D eigenvalue weighted by Gasteiger charge is 2.12. The summed E-state index contributed by atoms with van der Waals surface area (Å²) >= 11 is 0. The van der Waals surface area contributed by atoms with Crippen LogP contribution < -0.4 is 0 Å². The van der Waals surface area contributed by atoms with E-state index in [2.05, 4.69) is 16.8 Å². The van der Waals surface area contributed by atoms with Gasteiger partial charge in [-0.1, -0.05) is 0 Å². The zero-order chi connectivity index (χ0) is 9.68. The van der Waals surface area contributed by atoms with Crippen molar-refractivity contribution in [1.82, 2.24) is 9.80 Å². The molecule has 0 saturated carbocycles. The molecule has 0 bridgehead atoms. The Bertz CT molecular complexity index is 167. The molecular weight excluding hydrogens is 184 g/mol. The van der Waals surface area contributed by atoms with Crippen LogP contribution in [0.2, 0.25) is 0 Å². The molecule has 1 fully saturated rings. The first-order chi connectivity index (χ1) is 6.18. The van der Waals surface area contributed by atoms with Gasteiger partial charge in [0.05, 0.1) is 0 Å². The van der Waals surface area contributed by atoms with Gasteiger partial charge in [0, 0.05) is 49.0 Å². The second kappa shape index (κ2) is 5.73. The molecule has 1 saturated heterocycles. The molecule has 1 unspecified atom stereocenters. The monoisotopic (exact) mass is 204 g/mol. The SMILES string of the molecule is CN1CCN(CCCS(C)=O)CC1. The first-order valence-electron chi connectivity index (χ1n) is 4.89. The van der Waals surface area contributed by atoms with Crippen LogP contribution >= 0.6 is 0 Å². The maximum atomic E-state index is 10.8. The maximum absolute atomic E-state index is 10.8. The zero-order valence-corrected chi connectivity index (χ0v) is 9.48. The minimum Gasteiger partial charge on any atom is -0.304 e. The summed E-state index contributed by atoms with van der Waals surface area (Å²) in [6, 6.07) is 0. The topological polar surface area (TPSA) is 23.6 Å². The van der Waals surface area contributed by atoms with Crippen LogP contribution in [0.15, 0.2) is 0 Å². The Balaban J connectivity index is 2.05. The molecule has 1 heterocycles. The maximum Gasteiger partial charge on any atom is 0.0244 e. The van der Waals surface area contributed by atoms with Crippen LogP contribution in [0.4, 0.5) is 0 Å². The molecule has 0 radical (unpaired) electrons. The van der Waals surface area contributed by atoms with E-state index in [4.69, 9.17) is 0 Å². The number of likely N-dealkylation sites (N-methyl/N-ethyl adjacent to an activating group) is 1. The largest absolute Gasteiger partial charge is 0.304 e. The Hall–Kier alpha value is 0.0700. The number of hydrogen-bond donors (Lipinski definition) is 0. The second-order valence-corrected chi connectivity index (χ2v) is 5.33. The molecule has 0 aromatic heterocycles. The van der Waals surface area contributed by atoms with Crippen LogP contribution in [-0.4, -0.2) is 65.8 Å². The van der Waals surface area contributed by atoms with Gasteiger partial charge < -0.3 is 9.80 Å². The minimum absolute atomic E-state index is 0.614. The van der Waals surface area contributed by atoms with E-state index in [0.717, 1.165) is 18.7 Å². The van der Waals surface area contributed by atoms with Gasteiger partial charge in [-0.25, -0.2) is 0 Å². The van der Waals surface area contributed by atoms with Gasteiger partial charge in [-0.05, 0) is 20.0 Å². The molecule has 0 spiro atoms. The predicted octanol–water partition coefficient (Wildman–Crippen LogP) is 0.00240. The van der Waals surface area contributed by atoms with Crippen LogP contribution in [0, 0.1) is 0 Å². The average molecular weight is 204 g/mol. The average Bonchev–Trinajstić information content (AvgIpc) is 2.08. The van der Waals surface area contributed by atoms with Crippen LogP contribution in [-0.2, 0) is 10.8 Å². The lowest BCUT2D eigenvalue weighted by molar-refractivity contribution is 0.154. The fourth-order valence-corrected chi connectivity index (χ4v) is 2.10. The second-order valence-electron chi connectivity index (χ2n) is 3.78. The van der Waals surface area contributed by atoms with Gasteiger partial charge in [-0.2, -0.15) is 0 Å². The van der Waals surface area contributed by atoms with Crippen molar-refractivity contribution >= 4 is 10.8 Å². The molecule has 0 amide bonds. The summed E-state index contributed by atoms with van der Waals surface area (Å²) in [4.78, 5) is 4.82. The van der Waals surface area contributed by atoms with E-state index < -0.39 is 10.8 Å². The van der Waals surface area contributed by atoms with Crippen molar-refractivity contribution in [3.8, 4) is 0 Å². The standard InChI is InChI=1S/C9H20N2OS/c1-10-5-7-11(8-6-10)4-3-9-13(2)12/h3-9H2,1-2H3. The quantitative estimate of drug-likeness (QED) is 0.644. The number of nitrogens with zero attached hydrogens (tertiary/aromatic N) is 2. The summed E-state index contributed by atoms with van der Waals surface area (Å²) in [5.41, 5.74) is 0. The van der Waals surface area contributed by atoms with Crippen LogP contribution in [0.1, 0.15) is 6.42 Å². The molecule has 4 heteroatoms. The van der Waals surface area contributed by atoms with E-state index in [9.17, 15) is 4.21 Å². The molecule has 1 atom stereocenters. The zero-order valence-electron chi connectivity index (χ0n) is 8.66. The van der Waals surface area contributed by atoms with Crippen LogP contribution in [0.3, 0.4) is 0 Å². The van der Waals surface area contributed by atoms with Crippen molar-refractivity contribution < 1.29 is 4.21 Å². The van der Waals surface area contributed by atoms with Gasteiger partial charge >= 0.3 is 0 Å². The lowest BCUT2D eigenvalue weighted by atomic mass is 10.3. The first-order valence-corrected chi connectivity index (χ1v) is 6.62. The van der Waals surface area contributed by atoms with Crippen molar-refractivity contribution in [3.63, 3.8) is 0 Å². The third kappa shape index (κ3) is 4.74. The lowest BCUT2D eigenvalue weighted by Gasteiger charge is -2.32. The van der Waals surface area contributed by atoms with Crippen LogP contribution in [0.25, 0.3) is 0 Å². The Morgan fingerprint density at radius 1 is 1.23 bits per heavy atom. The van der Waals surface area contributed by atoms with Gasteiger partial charge in [0.25, 0.3) is 0 Å². The highest BCUT2D eigenvalue weighted by molar-refractivity contribution is 7.84. The number of rotatable bonds is 4. The van der Waals surface area contributed by atoms with E-state index in [0.29, 0.717) is 0 Å². The summed E-state index contributed by atoms with van der Waals surface area (Å²) in [5, 5.41) is 0. The van der Waals surface area contributed by atoms with Gasteiger partial charge in [0.15, 0.2) is 0 Å². The van der Waals surface area contributed by atoms with E-state index in [1.807, 2.05) is 0 Å². The summed E-state index contributed by atoms with van der Waals surface area (Å²) < 4.78 is 10.8. The summed E-state index contributed by atoms with van der Waals surface area (Å²) in [7, 11) is 1.55. The van der Waals surface area contributed by atoms with Gasteiger partial charge in [0.1, 0.15) is 0 Å². The van der Waals surface area contributed by atoms with E-state index in [1.54, 1.807) is 6.26 Å². The van der Waals surface area contributed by atoms with Crippen molar-refractivity contribution in [2.24, 2.45) is 0 Å². The summed E-state index contributed by atoms with van der Waals surface area (Å²) in [5.74, 6) is 0.854. The Morgan fingerprint density at radius 2 is 1.85 bits per heavy atom. The smallest absolute Gasteiger partial charge is 0.0244 e. The van der Waals surface area contributed by atoms with Crippen molar-refractivity contribution in [3.05, 3.63) is 0 Å². The fraction of sp³-hybridized carbons (Fsp3) is 1.00. The summed E-state index contributed by atoms with van der Waals surface area (Å²) in [6.07, 6.45) is 2.86. The predicted molar refractivity (Wildman–Crippen MR) is 57.5 cm³/mol. The lowest BCUT2D eigenvalue weighted by Crippen LogP contribution is -2.44. The molecular formula is C9H20N2OS. The highest BCUT2D eigenvalue weighted by Crippen LogP contribution is 2.00. The third-order valence-corrected chi connectivity index (χ3v) is 3.37. The molecule has 1 aliphatic rings. The van der Waals surface area contributed by atoms with Crippen molar-refractivity contribution in [2.45, 2.75) is 6.42 Å². The molecule has 1 rings (SSSR count). The van der Waals surface area contributed by atoms with Crippen molar-refractivity contribution in [2.75, 3.05) is 51.8 Å².